The maximum atomic E-state index is 12.9. The Morgan fingerprint density at radius 3 is 2.25 bits per heavy atom. The summed E-state index contributed by atoms with van der Waals surface area (Å²) in [6.07, 6.45) is 0.649. The Morgan fingerprint density at radius 1 is 0.893 bits per heavy atom. The van der Waals surface area contributed by atoms with Crippen LogP contribution in [-0.4, -0.2) is 58.8 Å². The van der Waals surface area contributed by atoms with Gasteiger partial charge in [0, 0.05) is 44.4 Å². The molecule has 0 atom stereocenters. The Labute approximate surface area is 163 Å². The smallest absolute Gasteiger partial charge is 0.257 e. The average molecular weight is 381 g/mol. The molecule has 7 heteroatoms. The normalized spacial score (nSPS) is 14.3. The van der Waals surface area contributed by atoms with Gasteiger partial charge in [-0.05, 0) is 36.8 Å². The van der Waals surface area contributed by atoms with Gasteiger partial charge in [-0.15, -0.1) is 0 Å². The fraction of sp³-hybridized carbons (Fsp3) is 0.286. The van der Waals surface area contributed by atoms with Crippen molar-refractivity contribution in [2.24, 2.45) is 0 Å². The summed E-state index contributed by atoms with van der Waals surface area (Å²) in [6, 6.07) is 13.3. The first-order chi connectivity index (χ1) is 13.5. The Kier molecular flexibility index (Phi) is 5.93. The highest BCUT2D eigenvalue weighted by molar-refractivity contribution is 5.98. The number of para-hydroxylation sites is 1. The number of nitrogens with one attached hydrogen (secondary N) is 1. The van der Waals surface area contributed by atoms with Gasteiger partial charge in [0.1, 0.15) is 5.75 Å². The van der Waals surface area contributed by atoms with Crippen molar-refractivity contribution in [2.75, 3.05) is 31.5 Å². The molecule has 0 unspecified atom stereocenters. The van der Waals surface area contributed by atoms with Crippen LogP contribution in [0.4, 0.5) is 5.69 Å². The van der Waals surface area contributed by atoms with Gasteiger partial charge in [0.05, 0.1) is 5.56 Å². The minimum Gasteiger partial charge on any atom is -0.507 e. The van der Waals surface area contributed by atoms with E-state index in [9.17, 15) is 19.5 Å². The highest BCUT2D eigenvalue weighted by Gasteiger charge is 2.24. The molecule has 2 aromatic carbocycles. The Hall–Kier alpha value is -3.35. The molecular formula is C21H23N3O4. The van der Waals surface area contributed by atoms with E-state index in [4.69, 9.17) is 0 Å². The number of phenolic OH excluding ortho intramolecular Hbond substituents is 1. The van der Waals surface area contributed by atoms with Gasteiger partial charge in [-0.2, -0.15) is 0 Å². The van der Waals surface area contributed by atoms with E-state index in [1.807, 2.05) is 0 Å². The van der Waals surface area contributed by atoms with Gasteiger partial charge in [-0.3, -0.25) is 14.4 Å². The minimum atomic E-state index is -0.236. The molecule has 1 heterocycles. The average Bonchev–Trinajstić information content (AvgIpc) is 2.93. The number of amides is 3. The van der Waals surface area contributed by atoms with Gasteiger partial charge in [-0.25, -0.2) is 0 Å². The van der Waals surface area contributed by atoms with Crippen LogP contribution in [0.2, 0.25) is 0 Å². The highest BCUT2D eigenvalue weighted by Crippen LogP contribution is 2.20. The molecule has 2 aromatic rings. The number of hydrogen-bond acceptors (Lipinski definition) is 4. The standard InChI is InChI=1S/C21H23N3O4/c1-15(25)22-17-7-4-6-16(14-17)20(27)23-10-5-11-24(13-12-23)21(28)18-8-2-3-9-19(18)26/h2-4,6-9,14,26H,5,10-13H2,1H3,(H,22,25). The Balaban J connectivity index is 1.68. The summed E-state index contributed by atoms with van der Waals surface area (Å²) in [7, 11) is 0. The van der Waals surface area contributed by atoms with E-state index in [0.29, 0.717) is 43.9 Å². The third-order valence-electron chi connectivity index (χ3n) is 4.63. The molecule has 0 radical (unpaired) electrons. The van der Waals surface area contributed by atoms with Gasteiger partial charge in [0.15, 0.2) is 0 Å². The minimum absolute atomic E-state index is 0.0422. The zero-order chi connectivity index (χ0) is 20.1. The maximum absolute atomic E-state index is 12.9. The molecule has 1 fully saturated rings. The summed E-state index contributed by atoms with van der Waals surface area (Å²) in [5.74, 6) is -0.610. The zero-order valence-electron chi connectivity index (χ0n) is 15.7. The van der Waals surface area contributed by atoms with Crippen molar-refractivity contribution in [1.82, 2.24) is 9.80 Å². The third-order valence-corrected chi connectivity index (χ3v) is 4.63. The van der Waals surface area contributed by atoms with Crippen molar-refractivity contribution in [3.8, 4) is 5.75 Å². The lowest BCUT2D eigenvalue weighted by atomic mass is 10.1. The molecule has 146 valence electrons. The van der Waals surface area contributed by atoms with E-state index in [1.165, 1.54) is 13.0 Å². The van der Waals surface area contributed by atoms with Gasteiger partial charge in [0.2, 0.25) is 5.91 Å². The quantitative estimate of drug-likeness (QED) is 0.854. The molecule has 0 aromatic heterocycles. The zero-order valence-corrected chi connectivity index (χ0v) is 15.7. The molecule has 3 rings (SSSR count). The summed E-state index contributed by atoms with van der Waals surface area (Å²) in [4.78, 5) is 40.1. The number of anilines is 1. The molecule has 0 spiro atoms. The largest absolute Gasteiger partial charge is 0.507 e. The second-order valence-electron chi connectivity index (χ2n) is 6.72. The Bertz CT molecular complexity index is 897. The lowest BCUT2D eigenvalue weighted by Gasteiger charge is -2.22. The van der Waals surface area contributed by atoms with E-state index < -0.39 is 0 Å². The second kappa shape index (κ2) is 8.56. The number of rotatable bonds is 3. The summed E-state index contributed by atoms with van der Waals surface area (Å²) < 4.78 is 0. The van der Waals surface area contributed by atoms with Crippen LogP contribution >= 0.6 is 0 Å². The first kappa shape index (κ1) is 19.4. The van der Waals surface area contributed by atoms with Gasteiger partial charge in [-0.1, -0.05) is 18.2 Å². The maximum Gasteiger partial charge on any atom is 0.257 e. The van der Waals surface area contributed by atoms with Crippen LogP contribution in [-0.2, 0) is 4.79 Å². The lowest BCUT2D eigenvalue weighted by Crippen LogP contribution is -2.37. The van der Waals surface area contributed by atoms with Crippen molar-refractivity contribution >= 4 is 23.4 Å². The van der Waals surface area contributed by atoms with E-state index in [1.54, 1.807) is 52.3 Å². The van der Waals surface area contributed by atoms with Crippen LogP contribution in [0, 0.1) is 0 Å². The van der Waals surface area contributed by atoms with Gasteiger partial charge < -0.3 is 20.2 Å². The van der Waals surface area contributed by atoms with E-state index >= 15 is 0 Å². The topological polar surface area (TPSA) is 90.0 Å². The molecular weight excluding hydrogens is 358 g/mol. The molecule has 0 saturated carbocycles. The molecule has 3 amide bonds. The van der Waals surface area contributed by atoms with Crippen LogP contribution in [0.5, 0.6) is 5.75 Å². The van der Waals surface area contributed by atoms with Crippen molar-refractivity contribution in [3.63, 3.8) is 0 Å². The summed E-state index contributed by atoms with van der Waals surface area (Å²) in [5.41, 5.74) is 1.33. The van der Waals surface area contributed by atoms with E-state index in [-0.39, 0.29) is 29.0 Å². The number of hydrogen-bond donors (Lipinski definition) is 2. The van der Waals surface area contributed by atoms with Crippen LogP contribution in [0.15, 0.2) is 48.5 Å². The number of benzene rings is 2. The number of aromatic hydroxyl groups is 1. The predicted octanol–water partition coefficient (Wildman–Crippen LogP) is 2.34. The molecule has 0 aliphatic carbocycles. The summed E-state index contributed by atoms with van der Waals surface area (Å²) in [5, 5.41) is 12.6. The molecule has 0 bridgehead atoms. The van der Waals surface area contributed by atoms with Crippen LogP contribution < -0.4 is 5.32 Å². The predicted molar refractivity (Wildman–Crippen MR) is 105 cm³/mol. The summed E-state index contributed by atoms with van der Waals surface area (Å²) in [6.45, 7) is 3.27. The van der Waals surface area contributed by atoms with Crippen molar-refractivity contribution < 1.29 is 19.5 Å². The van der Waals surface area contributed by atoms with Gasteiger partial charge in [0.25, 0.3) is 11.8 Å². The number of carbonyl (C=O) groups is 3. The fourth-order valence-electron chi connectivity index (χ4n) is 3.26. The SMILES string of the molecule is CC(=O)Nc1cccc(C(=O)N2CCCN(C(=O)c3ccccc3O)CC2)c1. The monoisotopic (exact) mass is 381 g/mol. The third kappa shape index (κ3) is 4.49. The van der Waals surface area contributed by atoms with Crippen LogP contribution in [0.3, 0.4) is 0 Å². The number of carbonyl (C=O) groups excluding carboxylic acids is 3. The van der Waals surface area contributed by atoms with Crippen molar-refractivity contribution in [3.05, 3.63) is 59.7 Å². The number of nitrogens with zero attached hydrogens (tertiary/aromatic N) is 2. The molecule has 2 N–H and O–H groups in total. The highest BCUT2D eigenvalue weighted by atomic mass is 16.3. The molecule has 1 saturated heterocycles. The molecule has 1 aliphatic heterocycles. The van der Waals surface area contributed by atoms with E-state index in [2.05, 4.69) is 5.32 Å². The van der Waals surface area contributed by atoms with Crippen molar-refractivity contribution in [1.29, 1.82) is 0 Å². The Morgan fingerprint density at radius 2 is 1.57 bits per heavy atom. The van der Waals surface area contributed by atoms with E-state index in [0.717, 1.165) is 0 Å². The first-order valence-electron chi connectivity index (χ1n) is 9.20. The molecule has 7 nitrogen and oxygen atoms in total. The van der Waals surface area contributed by atoms with Gasteiger partial charge >= 0.3 is 0 Å². The van der Waals surface area contributed by atoms with Crippen LogP contribution in [0.25, 0.3) is 0 Å². The second-order valence-corrected chi connectivity index (χ2v) is 6.72. The fourth-order valence-corrected chi connectivity index (χ4v) is 3.26. The molecule has 28 heavy (non-hydrogen) atoms. The van der Waals surface area contributed by atoms with Crippen LogP contribution in [0.1, 0.15) is 34.1 Å². The first-order valence-corrected chi connectivity index (χ1v) is 9.20. The lowest BCUT2D eigenvalue weighted by molar-refractivity contribution is -0.114. The summed E-state index contributed by atoms with van der Waals surface area (Å²) >= 11 is 0. The van der Waals surface area contributed by atoms with Crippen molar-refractivity contribution in [2.45, 2.75) is 13.3 Å². The number of phenols is 1. The molecule has 1 aliphatic rings.